The van der Waals surface area contributed by atoms with Crippen LogP contribution in [0.5, 0.6) is 0 Å². The van der Waals surface area contributed by atoms with Crippen LogP contribution in [0.2, 0.25) is 0 Å². The molecule has 22 heavy (non-hydrogen) atoms. The fourth-order valence-electron chi connectivity index (χ4n) is 3.99. The zero-order valence-corrected chi connectivity index (χ0v) is 13.0. The molecule has 0 spiro atoms. The fourth-order valence-corrected chi connectivity index (χ4v) is 4.98. The van der Waals surface area contributed by atoms with Gasteiger partial charge in [-0.25, -0.2) is 4.79 Å². The van der Waals surface area contributed by atoms with Gasteiger partial charge < -0.3 is 15.7 Å². The van der Waals surface area contributed by atoms with Gasteiger partial charge in [0, 0.05) is 5.69 Å². The van der Waals surface area contributed by atoms with E-state index in [1.807, 2.05) is 0 Å². The van der Waals surface area contributed by atoms with E-state index >= 15 is 0 Å². The highest BCUT2D eigenvalue weighted by atomic mass is 31.1. The topological polar surface area (TPSA) is 107 Å². The smallest absolute Gasteiger partial charge is 0.411 e. The number of aromatic carboxylic acids is 1. The summed E-state index contributed by atoms with van der Waals surface area (Å²) in [4.78, 5) is 23.3. The number of fused-ring (bicyclic) bond motifs is 1. The van der Waals surface area contributed by atoms with E-state index in [4.69, 9.17) is 5.73 Å². The first-order chi connectivity index (χ1) is 10.5. The van der Waals surface area contributed by atoms with Gasteiger partial charge in [0.2, 0.25) is 0 Å². The van der Waals surface area contributed by atoms with Crippen molar-refractivity contribution in [1.29, 1.82) is 0 Å². The highest BCUT2D eigenvalue weighted by molar-refractivity contribution is 7.33. The summed E-state index contributed by atoms with van der Waals surface area (Å²) in [6.45, 7) is 0. The summed E-state index contributed by atoms with van der Waals surface area (Å²) in [6.07, 6.45) is 4.71. The molecule has 0 aromatic heterocycles. The van der Waals surface area contributed by atoms with Crippen LogP contribution in [0.1, 0.15) is 54.1 Å². The van der Waals surface area contributed by atoms with Crippen LogP contribution in [-0.4, -0.2) is 21.8 Å². The number of anilines is 1. The molecule has 7 heteroatoms. The first-order valence-corrected chi connectivity index (χ1v) is 8.67. The molecule has 4 unspecified atom stereocenters. The Hall–Kier alpha value is -1.49. The van der Waals surface area contributed by atoms with E-state index < -0.39 is 14.1 Å². The Balaban J connectivity index is 2.03. The van der Waals surface area contributed by atoms with Crippen molar-refractivity contribution in [2.24, 2.45) is 5.92 Å². The monoisotopic (exact) mass is 322 g/mol. The molecule has 1 saturated heterocycles. The maximum absolute atomic E-state index is 11.8. The number of carboxylic acid groups (broad SMARTS) is 1. The summed E-state index contributed by atoms with van der Waals surface area (Å²) >= 11 is 0. The number of benzene rings is 1. The summed E-state index contributed by atoms with van der Waals surface area (Å²) in [7, 11) is -2.74. The summed E-state index contributed by atoms with van der Waals surface area (Å²) < 4.78 is 13.3. The maximum Gasteiger partial charge on any atom is 0.411 e. The second kappa shape index (κ2) is 5.95. The van der Waals surface area contributed by atoms with E-state index in [2.05, 4.69) is 0 Å². The molecule has 1 aromatic carbocycles. The zero-order chi connectivity index (χ0) is 15.9. The number of rotatable bonds is 3. The number of hydrogen-bond donors (Lipinski definition) is 2. The van der Waals surface area contributed by atoms with E-state index in [-0.39, 0.29) is 17.6 Å². The van der Waals surface area contributed by atoms with Crippen molar-refractivity contribution in [2.45, 2.75) is 44.2 Å². The Bertz CT molecular complexity index is 622. The van der Waals surface area contributed by atoms with Gasteiger partial charge in [0.1, 0.15) is 0 Å². The third kappa shape index (κ3) is 2.62. The molecule has 0 radical (unpaired) electrons. The summed E-state index contributed by atoms with van der Waals surface area (Å²) in [5.41, 5.74) is 6.70. The van der Waals surface area contributed by atoms with Gasteiger partial charge in [-0.05, 0) is 42.9 Å². The van der Waals surface area contributed by atoms with Crippen LogP contribution in [-0.2, 0) is 4.57 Å². The first kappa shape index (κ1) is 15.4. The van der Waals surface area contributed by atoms with E-state index in [0.29, 0.717) is 23.6 Å². The van der Waals surface area contributed by atoms with E-state index in [1.165, 1.54) is 10.7 Å². The molecule has 6 nitrogen and oxygen atoms in total. The molecule has 1 aliphatic carbocycles. The lowest BCUT2D eigenvalue weighted by Crippen LogP contribution is -2.33. The molecule has 1 saturated carbocycles. The second-order valence-electron chi connectivity index (χ2n) is 6.13. The minimum absolute atomic E-state index is 0.0130. The molecule has 118 valence electrons. The number of carboxylic acids is 1. The molecule has 1 aliphatic heterocycles. The van der Waals surface area contributed by atoms with E-state index in [9.17, 15) is 19.4 Å². The molecular formula is C15H19N2O4P. The lowest BCUT2D eigenvalue weighted by Gasteiger charge is -2.27. The first-order valence-electron chi connectivity index (χ1n) is 7.54. The van der Waals surface area contributed by atoms with Crippen molar-refractivity contribution in [1.82, 2.24) is 4.67 Å². The van der Waals surface area contributed by atoms with Crippen molar-refractivity contribution >= 4 is 19.8 Å². The van der Waals surface area contributed by atoms with E-state index in [0.717, 1.165) is 25.7 Å². The lowest BCUT2D eigenvalue weighted by molar-refractivity contribution is -0.178. The van der Waals surface area contributed by atoms with Crippen molar-refractivity contribution < 1.29 is 19.4 Å². The van der Waals surface area contributed by atoms with Crippen molar-refractivity contribution in [3.05, 3.63) is 29.3 Å². The average molecular weight is 322 g/mol. The summed E-state index contributed by atoms with van der Waals surface area (Å²) in [5, 5.41) is 9.41. The Kier molecular flexibility index (Phi) is 4.17. The highest BCUT2D eigenvalue weighted by Crippen LogP contribution is 2.52. The van der Waals surface area contributed by atoms with Crippen molar-refractivity contribution in [3.63, 3.8) is 0 Å². The quantitative estimate of drug-likeness (QED) is 0.653. The molecule has 0 bridgehead atoms. The Morgan fingerprint density at radius 3 is 2.77 bits per heavy atom. The second-order valence-corrected chi connectivity index (χ2v) is 7.07. The van der Waals surface area contributed by atoms with Gasteiger partial charge in [0.05, 0.1) is 17.6 Å². The van der Waals surface area contributed by atoms with Gasteiger partial charge in [-0.1, -0.05) is 28.1 Å². The number of nitrogens with two attached hydrogens (primary N) is 1. The summed E-state index contributed by atoms with van der Waals surface area (Å²) in [5.74, 6) is -0.746. The number of carbonyl (C=O) groups is 1. The third-order valence-corrected chi connectivity index (χ3v) is 5.86. The molecule has 3 N–H and O–H groups in total. The standard InChI is InChI=1S/C15H19N2O4P/c16-10-5-6-11(12(8-10)15(18)19)14-7-9-3-1-2-4-13(9)17(14)22(20)21/h5-6,8-9,13-14H,1-4,7,16H2,(H,18,19). The van der Waals surface area contributed by atoms with Crippen LogP contribution >= 0.6 is 8.18 Å². The molecule has 3 rings (SSSR count). The van der Waals surface area contributed by atoms with Crippen LogP contribution in [0.3, 0.4) is 0 Å². The van der Waals surface area contributed by atoms with Crippen LogP contribution in [0, 0.1) is 5.92 Å². The fraction of sp³-hybridized carbons (Fsp3) is 0.533. The highest BCUT2D eigenvalue weighted by Gasteiger charge is 2.49. The van der Waals surface area contributed by atoms with Gasteiger partial charge in [-0.2, -0.15) is 0 Å². The molecular weight excluding hydrogens is 303 g/mol. The maximum atomic E-state index is 11.8. The average Bonchev–Trinajstić information content (AvgIpc) is 2.86. The Labute approximate surface area is 129 Å². The number of nitrogens with zero attached hydrogens (tertiary/aromatic N) is 1. The molecule has 0 amide bonds. The van der Waals surface area contributed by atoms with Crippen LogP contribution in [0.4, 0.5) is 5.69 Å². The molecule has 1 heterocycles. The molecule has 2 aliphatic rings. The van der Waals surface area contributed by atoms with Gasteiger partial charge >= 0.3 is 14.1 Å². The normalized spacial score (nSPS) is 29.1. The summed E-state index contributed by atoms with van der Waals surface area (Å²) in [6, 6.07) is 4.34. The zero-order valence-electron chi connectivity index (χ0n) is 12.1. The number of nitrogen functional groups attached to an aromatic ring is 1. The van der Waals surface area contributed by atoms with E-state index in [1.54, 1.807) is 12.1 Å². The van der Waals surface area contributed by atoms with Gasteiger partial charge in [0.15, 0.2) is 0 Å². The van der Waals surface area contributed by atoms with Gasteiger partial charge in [-0.15, -0.1) is 0 Å². The molecule has 4 atom stereocenters. The Morgan fingerprint density at radius 1 is 1.36 bits per heavy atom. The van der Waals surface area contributed by atoms with Crippen molar-refractivity contribution in [3.8, 4) is 0 Å². The third-order valence-electron chi connectivity index (χ3n) is 4.91. The predicted octanol–water partition coefficient (Wildman–Crippen LogP) is 2.29. The van der Waals surface area contributed by atoms with Crippen LogP contribution < -0.4 is 10.6 Å². The lowest BCUT2D eigenvalue weighted by atomic mass is 9.84. The van der Waals surface area contributed by atoms with Crippen molar-refractivity contribution in [2.75, 3.05) is 5.73 Å². The van der Waals surface area contributed by atoms with Crippen LogP contribution in [0.25, 0.3) is 0 Å². The van der Waals surface area contributed by atoms with Crippen LogP contribution in [0.15, 0.2) is 18.2 Å². The Morgan fingerprint density at radius 2 is 2.09 bits per heavy atom. The molecule has 2 fully saturated rings. The largest absolute Gasteiger partial charge is 0.578 e. The minimum atomic E-state index is -2.74. The SMILES string of the molecule is Nc1ccc(C2CC3CCCCC3N2[P+](=O)[O-])c(C(=O)O)c1. The number of hydrogen-bond acceptors (Lipinski definition) is 4. The molecule has 1 aromatic rings. The van der Waals surface area contributed by atoms with Gasteiger partial charge in [0.25, 0.3) is 0 Å². The minimum Gasteiger partial charge on any atom is -0.578 e. The predicted molar refractivity (Wildman–Crippen MR) is 80.4 cm³/mol. The van der Waals surface area contributed by atoms with Gasteiger partial charge in [-0.3, -0.25) is 0 Å².